The van der Waals surface area contributed by atoms with Gasteiger partial charge in [-0.05, 0) is 31.0 Å². The number of esters is 1. The molecular weight excluding hydrogens is 362 g/mol. The third-order valence-electron chi connectivity index (χ3n) is 4.63. The number of aliphatic hydroxyl groups is 1. The summed E-state index contributed by atoms with van der Waals surface area (Å²) in [5, 5.41) is 12.6. The van der Waals surface area contributed by atoms with Gasteiger partial charge < -0.3 is 14.7 Å². The fourth-order valence-corrected chi connectivity index (χ4v) is 4.29. The Morgan fingerprint density at radius 3 is 2.52 bits per heavy atom. The van der Waals surface area contributed by atoms with E-state index < -0.39 is 11.6 Å². The quantitative estimate of drug-likeness (QED) is 0.796. The van der Waals surface area contributed by atoms with Crippen LogP contribution in [0.25, 0.3) is 5.57 Å². The molecule has 0 radical (unpaired) electrons. The number of hydrogen-bond donors (Lipinski definition) is 1. The first-order valence-corrected chi connectivity index (χ1v) is 8.40. The van der Waals surface area contributed by atoms with Gasteiger partial charge in [-0.1, -0.05) is 22.0 Å². The zero-order chi connectivity index (χ0) is 16.8. The predicted octanol–water partition coefficient (Wildman–Crippen LogP) is 3.29. The number of carbonyl (C=O) groups is 1. The van der Waals surface area contributed by atoms with Gasteiger partial charge in [-0.2, -0.15) is 5.06 Å². The van der Waals surface area contributed by atoms with E-state index in [2.05, 4.69) is 15.9 Å². The zero-order valence-corrected chi connectivity index (χ0v) is 15.1. The SMILES string of the molecule is CON1CCC2(CC1)OC(=O)C(c1c(C)cc(C)cc1Br)=C2O. The topological polar surface area (TPSA) is 59.0 Å². The first-order valence-electron chi connectivity index (χ1n) is 7.61. The summed E-state index contributed by atoms with van der Waals surface area (Å²) in [6.07, 6.45) is 1.04. The minimum atomic E-state index is -0.918. The van der Waals surface area contributed by atoms with Crippen molar-refractivity contribution in [3.05, 3.63) is 39.1 Å². The maximum atomic E-state index is 12.5. The van der Waals surface area contributed by atoms with Gasteiger partial charge in [0, 0.05) is 36.0 Å². The van der Waals surface area contributed by atoms with Crippen molar-refractivity contribution in [2.24, 2.45) is 0 Å². The number of rotatable bonds is 2. The van der Waals surface area contributed by atoms with E-state index in [0.29, 0.717) is 31.5 Å². The third kappa shape index (κ3) is 2.69. The number of halogens is 1. The van der Waals surface area contributed by atoms with Crippen LogP contribution in [0.3, 0.4) is 0 Å². The predicted molar refractivity (Wildman–Crippen MR) is 89.8 cm³/mol. The van der Waals surface area contributed by atoms with Crippen LogP contribution in [0.15, 0.2) is 22.4 Å². The van der Waals surface area contributed by atoms with Gasteiger partial charge >= 0.3 is 5.97 Å². The van der Waals surface area contributed by atoms with Crippen molar-refractivity contribution >= 4 is 27.5 Å². The van der Waals surface area contributed by atoms with E-state index in [1.54, 1.807) is 12.2 Å². The van der Waals surface area contributed by atoms with Crippen molar-refractivity contribution in [1.82, 2.24) is 5.06 Å². The van der Waals surface area contributed by atoms with Gasteiger partial charge in [0.05, 0.1) is 7.11 Å². The highest BCUT2D eigenvalue weighted by molar-refractivity contribution is 9.10. The average Bonchev–Trinajstić information content (AvgIpc) is 2.72. The van der Waals surface area contributed by atoms with Gasteiger partial charge in [0.15, 0.2) is 11.4 Å². The molecule has 2 aliphatic heterocycles. The van der Waals surface area contributed by atoms with Crippen LogP contribution < -0.4 is 0 Å². The lowest BCUT2D eigenvalue weighted by molar-refractivity contribution is -0.182. The summed E-state index contributed by atoms with van der Waals surface area (Å²) < 4.78 is 6.43. The van der Waals surface area contributed by atoms with E-state index in [1.807, 2.05) is 26.0 Å². The second kappa shape index (κ2) is 5.92. The van der Waals surface area contributed by atoms with Gasteiger partial charge in [0.2, 0.25) is 0 Å². The molecule has 2 heterocycles. The summed E-state index contributed by atoms with van der Waals surface area (Å²) >= 11 is 3.51. The lowest BCUT2D eigenvalue weighted by atomic mass is 9.87. The molecule has 0 amide bonds. The first-order chi connectivity index (χ1) is 10.9. The molecule has 1 spiro atoms. The zero-order valence-electron chi connectivity index (χ0n) is 13.5. The number of piperidine rings is 1. The summed E-state index contributed by atoms with van der Waals surface area (Å²) in [6, 6.07) is 3.93. The van der Waals surface area contributed by atoms with Crippen molar-refractivity contribution in [2.45, 2.75) is 32.3 Å². The molecular formula is C17H20BrNO4. The second-order valence-electron chi connectivity index (χ2n) is 6.16. The van der Waals surface area contributed by atoms with E-state index in [0.717, 1.165) is 15.6 Å². The Balaban J connectivity index is 2.04. The van der Waals surface area contributed by atoms with Crippen LogP contribution in [-0.2, 0) is 14.4 Å². The molecule has 1 aromatic rings. The van der Waals surface area contributed by atoms with Crippen LogP contribution in [0.5, 0.6) is 0 Å². The Bertz CT molecular complexity index is 667. The average molecular weight is 382 g/mol. The Morgan fingerprint density at radius 2 is 1.96 bits per heavy atom. The molecule has 1 aromatic carbocycles. The second-order valence-corrected chi connectivity index (χ2v) is 7.01. The van der Waals surface area contributed by atoms with E-state index in [1.165, 1.54) is 0 Å². The molecule has 5 nitrogen and oxygen atoms in total. The summed E-state index contributed by atoms with van der Waals surface area (Å²) in [7, 11) is 1.62. The lowest BCUT2D eigenvalue weighted by Crippen LogP contribution is -2.45. The minimum absolute atomic E-state index is 0.0471. The van der Waals surface area contributed by atoms with Crippen LogP contribution in [0.2, 0.25) is 0 Å². The molecule has 0 atom stereocenters. The maximum Gasteiger partial charge on any atom is 0.343 e. The van der Waals surface area contributed by atoms with Gasteiger partial charge in [0.1, 0.15) is 5.57 Å². The van der Waals surface area contributed by atoms with Crippen LogP contribution in [-0.4, -0.2) is 41.9 Å². The molecule has 1 saturated heterocycles. The molecule has 1 fully saturated rings. The molecule has 124 valence electrons. The molecule has 1 N–H and O–H groups in total. The van der Waals surface area contributed by atoms with Gasteiger partial charge in [-0.15, -0.1) is 0 Å². The Labute approximate surface area is 144 Å². The van der Waals surface area contributed by atoms with E-state index in [-0.39, 0.29) is 11.3 Å². The fraction of sp³-hybridized carbons (Fsp3) is 0.471. The normalized spacial score (nSPS) is 21.1. The van der Waals surface area contributed by atoms with Crippen LogP contribution in [0.1, 0.15) is 29.5 Å². The summed E-state index contributed by atoms with van der Waals surface area (Å²) in [5.74, 6) is -0.410. The summed E-state index contributed by atoms with van der Waals surface area (Å²) in [4.78, 5) is 17.7. The van der Waals surface area contributed by atoms with Crippen molar-refractivity contribution in [1.29, 1.82) is 0 Å². The number of aliphatic hydroxyl groups excluding tert-OH is 1. The molecule has 3 rings (SSSR count). The standard InChI is InChI=1S/C17H20BrNO4/c1-10-8-11(2)13(12(18)9-10)14-15(20)17(23-16(14)21)4-6-19(22-3)7-5-17/h8-9,20H,4-7H2,1-3H3. The fourth-order valence-electron chi connectivity index (χ4n) is 3.42. The van der Waals surface area contributed by atoms with E-state index in [4.69, 9.17) is 9.57 Å². The van der Waals surface area contributed by atoms with Crippen molar-refractivity contribution in [3.63, 3.8) is 0 Å². The highest BCUT2D eigenvalue weighted by Crippen LogP contribution is 2.45. The highest BCUT2D eigenvalue weighted by Gasteiger charge is 2.50. The highest BCUT2D eigenvalue weighted by atomic mass is 79.9. The van der Waals surface area contributed by atoms with Crippen molar-refractivity contribution in [3.8, 4) is 0 Å². The number of hydrogen-bond acceptors (Lipinski definition) is 5. The number of aryl methyl sites for hydroxylation is 2. The van der Waals surface area contributed by atoms with Crippen LogP contribution >= 0.6 is 15.9 Å². The summed E-state index contributed by atoms with van der Waals surface area (Å²) in [5.41, 5.74) is 2.09. The third-order valence-corrected chi connectivity index (χ3v) is 5.26. The van der Waals surface area contributed by atoms with Gasteiger partial charge in [0.25, 0.3) is 0 Å². The summed E-state index contributed by atoms with van der Waals surface area (Å²) in [6.45, 7) is 5.13. The largest absolute Gasteiger partial charge is 0.507 e. The minimum Gasteiger partial charge on any atom is -0.507 e. The molecule has 0 saturated carbocycles. The molecule has 0 bridgehead atoms. The molecule has 0 aromatic heterocycles. The van der Waals surface area contributed by atoms with Crippen LogP contribution in [0, 0.1) is 13.8 Å². The first kappa shape index (κ1) is 16.5. The number of benzene rings is 1. The molecule has 23 heavy (non-hydrogen) atoms. The van der Waals surface area contributed by atoms with Crippen LogP contribution in [0.4, 0.5) is 0 Å². The Hall–Kier alpha value is -1.37. The molecule has 0 aliphatic carbocycles. The lowest BCUT2D eigenvalue weighted by Gasteiger charge is -2.36. The number of carbonyl (C=O) groups excluding carboxylic acids is 1. The smallest absolute Gasteiger partial charge is 0.343 e. The van der Waals surface area contributed by atoms with E-state index >= 15 is 0 Å². The molecule has 6 heteroatoms. The van der Waals surface area contributed by atoms with Crippen molar-refractivity contribution in [2.75, 3.05) is 20.2 Å². The van der Waals surface area contributed by atoms with E-state index in [9.17, 15) is 9.90 Å². The number of hydroxylamine groups is 2. The number of nitrogens with zero attached hydrogens (tertiary/aromatic N) is 1. The molecule has 2 aliphatic rings. The Morgan fingerprint density at radius 1 is 1.30 bits per heavy atom. The number of ether oxygens (including phenoxy) is 1. The van der Waals surface area contributed by atoms with Crippen molar-refractivity contribution < 1.29 is 19.5 Å². The van der Waals surface area contributed by atoms with Gasteiger partial charge in [-0.25, -0.2) is 4.79 Å². The van der Waals surface area contributed by atoms with Gasteiger partial charge in [-0.3, -0.25) is 0 Å². The monoisotopic (exact) mass is 381 g/mol. The molecule has 0 unspecified atom stereocenters. The maximum absolute atomic E-state index is 12.5. The Kier molecular flexibility index (Phi) is 4.25.